The molecule has 0 aliphatic heterocycles. The average Bonchev–Trinajstić information content (AvgIpc) is 3.41. The number of hydrogen-bond donors (Lipinski definition) is 2. The van der Waals surface area contributed by atoms with Crippen LogP contribution < -0.4 is 0 Å². The first-order valence-corrected chi connectivity index (χ1v) is 10.6. The lowest BCUT2D eigenvalue weighted by molar-refractivity contribution is -0.0141. The molecule has 32 heavy (non-hydrogen) atoms. The van der Waals surface area contributed by atoms with Crippen molar-refractivity contribution in [3.63, 3.8) is 0 Å². The largest absolute Gasteiger partial charge is 0.385 e. The predicted molar refractivity (Wildman–Crippen MR) is 120 cm³/mol. The Kier molecular flexibility index (Phi) is 6.16. The van der Waals surface area contributed by atoms with E-state index in [1.165, 1.54) is 23.8 Å². The molecule has 0 aliphatic rings. The Morgan fingerprint density at radius 1 is 0.812 bits per heavy atom. The van der Waals surface area contributed by atoms with Gasteiger partial charge in [-0.05, 0) is 31.9 Å². The van der Waals surface area contributed by atoms with E-state index in [9.17, 15) is 10.2 Å². The first-order chi connectivity index (χ1) is 15.3. The van der Waals surface area contributed by atoms with E-state index in [0.29, 0.717) is 24.7 Å². The van der Waals surface area contributed by atoms with Gasteiger partial charge in [-0.1, -0.05) is 59.7 Å². The van der Waals surface area contributed by atoms with Crippen LogP contribution in [0.5, 0.6) is 0 Å². The molecule has 2 atom stereocenters. The summed E-state index contributed by atoms with van der Waals surface area (Å²) in [5.74, 6) is 0.789. The van der Waals surface area contributed by atoms with E-state index in [4.69, 9.17) is 0 Å². The maximum atomic E-state index is 11.2. The second kappa shape index (κ2) is 9.02. The Hall–Kier alpha value is -3.36. The monoisotopic (exact) mass is 432 g/mol. The van der Waals surface area contributed by atoms with Crippen molar-refractivity contribution in [1.29, 1.82) is 0 Å². The Balaban J connectivity index is 1.50. The van der Waals surface area contributed by atoms with Gasteiger partial charge in [0.2, 0.25) is 0 Å². The number of aromatic nitrogens is 6. The number of aliphatic hydroxyl groups is 2. The number of rotatable bonds is 8. The zero-order chi connectivity index (χ0) is 22.7. The summed E-state index contributed by atoms with van der Waals surface area (Å²) in [6.45, 7) is 6.67. The van der Waals surface area contributed by atoms with Crippen molar-refractivity contribution in [2.24, 2.45) is 0 Å². The van der Waals surface area contributed by atoms with Crippen LogP contribution in [-0.4, -0.2) is 39.7 Å². The molecule has 8 heteroatoms. The van der Waals surface area contributed by atoms with E-state index in [1.54, 1.807) is 16.3 Å². The van der Waals surface area contributed by atoms with Crippen LogP contribution in [0.25, 0.3) is 0 Å². The minimum atomic E-state index is -1.42. The molecular weight excluding hydrogens is 404 g/mol. The molecule has 4 rings (SSSR count). The zero-order valence-corrected chi connectivity index (χ0v) is 18.5. The first-order valence-electron chi connectivity index (χ1n) is 10.6. The fourth-order valence-corrected chi connectivity index (χ4v) is 3.74. The standard InChI is InChI=1S/C24H28N6O2/c1-17-4-8-19(9-5-17)13-29-22(25-15-27-29)21(31)12-24(3,32)23-26-16-28-30(23)14-20-10-6-18(2)7-11-20/h4-11,15-16,21,31-32H,12-14H2,1-3H3. The van der Waals surface area contributed by atoms with Crippen molar-refractivity contribution in [2.45, 2.75) is 52.0 Å². The van der Waals surface area contributed by atoms with Gasteiger partial charge in [0.1, 0.15) is 24.4 Å². The maximum absolute atomic E-state index is 11.2. The van der Waals surface area contributed by atoms with Gasteiger partial charge in [-0.25, -0.2) is 19.3 Å². The second-order valence-electron chi connectivity index (χ2n) is 8.48. The van der Waals surface area contributed by atoms with E-state index < -0.39 is 11.7 Å². The van der Waals surface area contributed by atoms with E-state index >= 15 is 0 Å². The Morgan fingerprint density at radius 3 is 1.91 bits per heavy atom. The normalized spacial score (nSPS) is 14.3. The van der Waals surface area contributed by atoms with Crippen molar-refractivity contribution in [3.8, 4) is 0 Å². The average molecular weight is 433 g/mol. The molecule has 0 amide bonds. The minimum absolute atomic E-state index is 0.00613. The molecule has 2 unspecified atom stereocenters. The van der Waals surface area contributed by atoms with Gasteiger partial charge in [-0.3, -0.25) is 0 Å². The Morgan fingerprint density at radius 2 is 1.31 bits per heavy atom. The SMILES string of the molecule is Cc1ccc(Cn2ncnc2C(O)CC(C)(O)c2ncnn2Cc2ccc(C)cc2)cc1. The number of aryl methyl sites for hydroxylation is 2. The minimum Gasteiger partial charge on any atom is -0.385 e. The lowest BCUT2D eigenvalue weighted by Crippen LogP contribution is -2.30. The van der Waals surface area contributed by atoms with Gasteiger partial charge in [0, 0.05) is 6.42 Å². The molecule has 0 aliphatic carbocycles. The van der Waals surface area contributed by atoms with Gasteiger partial charge in [-0.2, -0.15) is 10.2 Å². The number of nitrogens with zero attached hydrogens (tertiary/aromatic N) is 6. The van der Waals surface area contributed by atoms with Crippen LogP contribution in [0, 0.1) is 13.8 Å². The van der Waals surface area contributed by atoms with Crippen LogP contribution in [0.4, 0.5) is 0 Å². The van der Waals surface area contributed by atoms with Crippen LogP contribution in [0.1, 0.15) is 53.4 Å². The summed E-state index contributed by atoms with van der Waals surface area (Å²) in [5, 5.41) is 30.7. The Labute approximate surface area is 187 Å². The molecule has 0 saturated carbocycles. The molecular formula is C24H28N6O2. The lowest BCUT2D eigenvalue weighted by Gasteiger charge is -2.25. The summed E-state index contributed by atoms with van der Waals surface area (Å²) in [7, 11) is 0. The highest BCUT2D eigenvalue weighted by molar-refractivity contribution is 5.23. The number of benzene rings is 2. The number of hydrogen-bond acceptors (Lipinski definition) is 6. The smallest absolute Gasteiger partial charge is 0.159 e. The molecule has 4 aromatic rings. The first kappa shape index (κ1) is 21.9. The summed E-state index contributed by atoms with van der Waals surface area (Å²) in [4.78, 5) is 8.52. The maximum Gasteiger partial charge on any atom is 0.159 e. The van der Waals surface area contributed by atoms with Crippen LogP contribution in [-0.2, 0) is 18.7 Å². The molecule has 0 spiro atoms. The van der Waals surface area contributed by atoms with E-state index in [-0.39, 0.29) is 6.42 Å². The molecule has 8 nitrogen and oxygen atoms in total. The highest BCUT2D eigenvalue weighted by atomic mass is 16.3. The van der Waals surface area contributed by atoms with Gasteiger partial charge in [-0.15, -0.1) is 0 Å². The molecule has 2 aromatic heterocycles. The molecule has 2 N–H and O–H groups in total. The van der Waals surface area contributed by atoms with Crippen LogP contribution in [0.2, 0.25) is 0 Å². The molecule has 0 saturated heterocycles. The van der Waals surface area contributed by atoms with Crippen molar-refractivity contribution >= 4 is 0 Å². The fraction of sp³-hybridized carbons (Fsp3) is 0.333. The fourth-order valence-electron chi connectivity index (χ4n) is 3.74. The quantitative estimate of drug-likeness (QED) is 0.444. The number of aliphatic hydroxyl groups excluding tert-OH is 1. The van der Waals surface area contributed by atoms with Gasteiger partial charge >= 0.3 is 0 Å². The molecule has 2 aromatic carbocycles. The van der Waals surface area contributed by atoms with Crippen molar-refractivity contribution in [2.75, 3.05) is 0 Å². The third-order valence-corrected chi connectivity index (χ3v) is 5.54. The highest BCUT2D eigenvalue weighted by Crippen LogP contribution is 2.30. The lowest BCUT2D eigenvalue weighted by atomic mass is 9.96. The summed E-state index contributed by atoms with van der Waals surface area (Å²) in [6.07, 6.45) is 1.82. The third kappa shape index (κ3) is 4.92. The van der Waals surface area contributed by atoms with Gasteiger partial charge in [0.05, 0.1) is 13.1 Å². The molecule has 0 bridgehead atoms. The summed E-state index contributed by atoms with van der Waals surface area (Å²) >= 11 is 0. The molecule has 166 valence electrons. The predicted octanol–water partition coefficient (Wildman–Crippen LogP) is 2.91. The third-order valence-electron chi connectivity index (χ3n) is 5.54. The van der Waals surface area contributed by atoms with Crippen molar-refractivity contribution < 1.29 is 10.2 Å². The van der Waals surface area contributed by atoms with Crippen LogP contribution in [0.3, 0.4) is 0 Å². The second-order valence-corrected chi connectivity index (χ2v) is 8.48. The van der Waals surface area contributed by atoms with Crippen molar-refractivity contribution in [1.82, 2.24) is 29.5 Å². The van der Waals surface area contributed by atoms with Crippen molar-refractivity contribution in [3.05, 3.63) is 95.1 Å². The Bertz CT molecular complexity index is 1160. The molecule has 0 radical (unpaired) electrons. The highest BCUT2D eigenvalue weighted by Gasteiger charge is 2.34. The van der Waals surface area contributed by atoms with E-state index in [0.717, 1.165) is 11.1 Å². The van der Waals surface area contributed by atoms with Gasteiger partial charge in [0.25, 0.3) is 0 Å². The summed E-state index contributed by atoms with van der Waals surface area (Å²) in [6, 6.07) is 16.2. The van der Waals surface area contributed by atoms with Gasteiger partial charge < -0.3 is 10.2 Å². The molecule has 0 fully saturated rings. The van der Waals surface area contributed by atoms with Crippen LogP contribution >= 0.6 is 0 Å². The summed E-state index contributed by atoms with van der Waals surface area (Å²) in [5.41, 5.74) is 3.05. The van der Waals surface area contributed by atoms with Gasteiger partial charge in [0.15, 0.2) is 11.6 Å². The van der Waals surface area contributed by atoms with E-state index in [2.05, 4.69) is 20.2 Å². The summed E-state index contributed by atoms with van der Waals surface area (Å²) < 4.78 is 3.32. The zero-order valence-electron chi connectivity index (χ0n) is 18.5. The molecule has 2 heterocycles. The van der Waals surface area contributed by atoms with Crippen LogP contribution in [0.15, 0.2) is 61.2 Å². The topological polar surface area (TPSA) is 102 Å². The van der Waals surface area contributed by atoms with E-state index in [1.807, 2.05) is 62.4 Å².